The second-order valence-corrected chi connectivity index (χ2v) is 10.3. The number of anilines is 1. The van der Waals surface area contributed by atoms with Gasteiger partial charge in [-0.1, -0.05) is 30.3 Å². The van der Waals surface area contributed by atoms with Crippen LogP contribution in [0.2, 0.25) is 0 Å². The molecule has 0 radical (unpaired) electrons. The van der Waals surface area contributed by atoms with Gasteiger partial charge in [0.05, 0.1) is 16.0 Å². The Labute approximate surface area is 215 Å². The van der Waals surface area contributed by atoms with Gasteiger partial charge < -0.3 is 25.8 Å². The van der Waals surface area contributed by atoms with Crippen molar-refractivity contribution in [3.05, 3.63) is 65.3 Å². The molecule has 1 saturated carbocycles. The number of carbonyl (C=O) groups is 2. The largest absolute Gasteiger partial charge is 0.507 e. The van der Waals surface area contributed by atoms with Crippen LogP contribution in [0.25, 0.3) is 10.4 Å². The number of nitrogens with zero attached hydrogens (tertiary/aromatic N) is 1. The predicted molar refractivity (Wildman–Crippen MR) is 141 cm³/mol. The van der Waals surface area contributed by atoms with E-state index >= 15 is 0 Å². The molecule has 8 nitrogen and oxygen atoms in total. The van der Waals surface area contributed by atoms with E-state index in [1.807, 2.05) is 44.2 Å². The van der Waals surface area contributed by atoms with E-state index in [9.17, 15) is 14.7 Å². The summed E-state index contributed by atoms with van der Waals surface area (Å²) in [5.41, 5.74) is 2.19. The maximum atomic E-state index is 12.2. The lowest BCUT2D eigenvalue weighted by Gasteiger charge is -2.28. The fourth-order valence-electron chi connectivity index (χ4n) is 4.27. The molecule has 190 valence electrons. The molecule has 1 heterocycles. The zero-order valence-electron chi connectivity index (χ0n) is 20.5. The van der Waals surface area contributed by atoms with E-state index in [0.29, 0.717) is 23.7 Å². The normalized spacial score (nSPS) is 17.4. The predicted octanol–water partition coefficient (Wildman–Crippen LogP) is 6.00. The monoisotopic (exact) mass is 508 g/mol. The molecule has 9 heteroatoms. The number of aromatic nitrogens is 1. The molecule has 3 aromatic rings. The van der Waals surface area contributed by atoms with Crippen LogP contribution in [-0.4, -0.2) is 34.4 Å². The summed E-state index contributed by atoms with van der Waals surface area (Å²) < 4.78 is 5.18. The van der Waals surface area contributed by atoms with Gasteiger partial charge in [0, 0.05) is 42.0 Å². The number of amides is 3. The number of hydrogen-bond donors (Lipinski definition) is 4. The van der Waals surface area contributed by atoms with Crippen molar-refractivity contribution >= 4 is 29.1 Å². The fraction of sp³-hybridized carbons (Fsp3) is 0.370. The number of benzene rings is 2. The van der Waals surface area contributed by atoms with Crippen LogP contribution in [0, 0.1) is 0 Å². The maximum absolute atomic E-state index is 12.2. The third-order valence-electron chi connectivity index (χ3n) is 6.08. The number of nitrogens with one attached hydrogen (secondary N) is 3. The SMILES string of the molecule is CC(C)OC(=O)NC1CCC(c2ncc(-c3ccc(NC(=O)NCc4ccccc4)cc3O)s2)CC1. The van der Waals surface area contributed by atoms with Gasteiger partial charge in [-0.2, -0.15) is 0 Å². The number of hydrogen-bond acceptors (Lipinski definition) is 6. The number of aromatic hydroxyl groups is 1. The summed E-state index contributed by atoms with van der Waals surface area (Å²) in [4.78, 5) is 29.6. The van der Waals surface area contributed by atoms with E-state index in [0.717, 1.165) is 41.1 Å². The molecule has 4 rings (SSSR count). The lowest BCUT2D eigenvalue weighted by atomic mass is 9.86. The number of urea groups is 1. The molecule has 4 N–H and O–H groups in total. The van der Waals surface area contributed by atoms with Crippen LogP contribution < -0.4 is 16.0 Å². The lowest BCUT2D eigenvalue weighted by molar-refractivity contribution is 0.109. The second-order valence-electron chi connectivity index (χ2n) is 9.23. The summed E-state index contributed by atoms with van der Waals surface area (Å²) in [6.45, 7) is 4.09. The molecule has 0 saturated heterocycles. The number of rotatable bonds is 7. The van der Waals surface area contributed by atoms with E-state index < -0.39 is 0 Å². The van der Waals surface area contributed by atoms with Crippen molar-refractivity contribution in [1.82, 2.24) is 15.6 Å². The Balaban J connectivity index is 1.30. The van der Waals surface area contributed by atoms with Gasteiger partial charge in [-0.25, -0.2) is 14.6 Å². The van der Waals surface area contributed by atoms with Gasteiger partial charge in [0.15, 0.2) is 0 Å². The summed E-state index contributed by atoms with van der Waals surface area (Å²) in [5, 5.41) is 20.2. The van der Waals surface area contributed by atoms with Crippen molar-refractivity contribution in [2.24, 2.45) is 0 Å². The Morgan fingerprint density at radius 1 is 1.11 bits per heavy atom. The molecule has 2 aromatic carbocycles. The van der Waals surface area contributed by atoms with E-state index in [1.54, 1.807) is 35.7 Å². The highest BCUT2D eigenvalue weighted by Gasteiger charge is 2.26. The summed E-state index contributed by atoms with van der Waals surface area (Å²) >= 11 is 1.57. The van der Waals surface area contributed by atoms with Gasteiger partial charge in [0.25, 0.3) is 0 Å². The Kier molecular flexibility index (Phi) is 8.43. The molecule has 1 aromatic heterocycles. The van der Waals surface area contributed by atoms with Crippen molar-refractivity contribution < 1.29 is 19.4 Å². The van der Waals surface area contributed by atoms with Gasteiger partial charge in [-0.3, -0.25) is 0 Å². The molecule has 1 aliphatic rings. The topological polar surface area (TPSA) is 113 Å². The van der Waals surface area contributed by atoms with Crippen LogP contribution in [-0.2, 0) is 11.3 Å². The second kappa shape index (κ2) is 11.9. The average molecular weight is 509 g/mol. The van der Waals surface area contributed by atoms with E-state index in [4.69, 9.17) is 4.74 Å². The van der Waals surface area contributed by atoms with Crippen LogP contribution >= 0.6 is 11.3 Å². The van der Waals surface area contributed by atoms with Crippen LogP contribution in [0.5, 0.6) is 5.75 Å². The zero-order valence-corrected chi connectivity index (χ0v) is 21.3. The highest BCUT2D eigenvalue weighted by Crippen LogP contribution is 2.40. The van der Waals surface area contributed by atoms with Crippen LogP contribution in [0.15, 0.2) is 54.7 Å². The first-order chi connectivity index (χ1) is 17.4. The van der Waals surface area contributed by atoms with Gasteiger partial charge in [0.2, 0.25) is 0 Å². The number of phenolic OH excluding ortho intramolecular Hbond substituents is 1. The average Bonchev–Trinajstić information content (AvgIpc) is 3.33. The number of carbonyl (C=O) groups excluding carboxylic acids is 2. The third kappa shape index (κ3) is 6.97. The van der Waals surface area contributed by atoms with Crippen molar-refractivity contribution in [2.75, 3.05) is 5.32 Å². The molecule has 36 heavy (non-hydrogen) atoms. The van der Waals surface area contributed by atoms with Crippen LogP contribution in [0.3, 0.4) is 0 Å². The first-order valence-electron chi connectivity index (χ1n) is 12.2. The Hall–Kier alpha value is -3.59. The first-order valence-corrected chi connectivity index (χ1v) is 13.0. The van der Waals surface area contributed by atoms with E-state index in [2.05, 4.69) is 20.9 Å². The van der Waals surface area contributed by atoms with Crippen LogP contribution in [0.4, 0.5) is 15.3 Å². The van der Waals surface area contributed by atoms with Gasteiger partial charge >= 0.3 is 12.1 Å². The Morgan fingerprint density at radius 2 is 1.86 bits per heavy atom. The third-order valence-corrected chi connectivity index (χ3v) is 7.27. The highest BCUT2D eigenvalue weighted by molar-refractivity contribution is 7.15. The minimum Gasteiger partial charge on any atom is -0.507 e. The Morgan fingerprint density at radius 3 is 2.56 bits per heavy atom. The number of thiazole rings is 1. The molecular formula is C27H32N4O4S. The van der Waals surface area contributed by atoms with Crippen molar-refractivity contribution in [2.45, 2.75) is 64.1 Å². The zero-order chi connectivity index (χ0) is 25.5. The minimum absolute atomic E-state index is 0.0858. The maximum Gasteiger partial charge on any atom is 0.407 e. The van der Waals surface area contributed by atoms with Crippen molar-refractivity contribution in [1.29, 1.82) is 0 Å². The van der Waals surface area contributed by atoms with E-state index in [-0.39, 0.29) is 30.0 Å². The molecule has 0 unspecified atom stereocenters. The lowest BCUT2D eigenvalue weighted by Crippen LogP contribution is -2.38. The molecular weight excluding hydrogens is 476 g/mol. The summed E-state index contributed by atoms with van der Waals surface area (Å²) in [5.74, 6) is 0.418. The number of phenols is 1. The molecule has 0 spiro atoms. The highest BCUT2D eigenvalue weighted by atomic mass is 32.1. The van der Waals surface area contributed by atoms with Gasteiger partial charge in [0.1, 0.15) is 5.75 Å². The van der Waals surface area contributed by atoms with Gasteiger partial charge in [-0.15, -0.1) is 11.3 Å². The van der Waals surface area contributed by atoms with Crippen LogP contribution in [0.1, 0.15) is 56.0 Å². The van der Waals surface area contributed by atoms with Crippen molar-refractivity contribution in [3.8, 4) is 16.2 Å². The smallest absolute Gasteiger partial charge is 0.407 e. The fourth-order valence-corrected chi connectivity index (χ4v) is 5.39. The molecule has 1 fully saturated rings. The molecule has 1 aliphatic carbocycles. The number of alkyl carbamates (subject to hydrolysis) is 1. The standard InChI is InChI=1S/C27H32N4O4S/c1-17(2)35-27(34)31-20-10-8-19(9-11-20)25-28-16-24(36-25)22-13-12-21(14-23(22)32)30-26(33)29-15-18-6-4-3-5-7-18/h3-7,12-14,16-17,19-20,32H,8-11,15H2,1-2H3,(H,31,34)(H2,29,30,33). The summed E-state index contributed by atoms with van der Waals surface area (Å²) in [6, 6.07) is 14.5. The first kappa shape index (κ1) is 25.5. The molecule has 0 atom stereocenters. The minimum atomic E-state index is -0.355. The van der Waals surface area contributed by atoms with Crippen molar-refractivity contribution in [3.63, 3.8) is 0 Å². The quantitative estimate of drug-likeness (QED) is 0.313. The number of ether oxygens (including phenoxy) is 1. The summed E-state index contributed by atoms with van der Waals surface area (Å²) in [7, 11) is 0. The van der Waals surface area contributed by atoms with E-state index in [1.165, 1.54) is 0 Å². The molecule has 0 bridgehead atoms. The Bertz CT molecular complexity index is 1170. The van der Waals surface area contributed by atoms with Gasteiger partial charge in [-0.05, 0) is 57.2 Å². The molecule has 3 amide bonds. The summed E-state index contributed by atoms with van der Waals surface area (Å²) in [6.07, 6.45) is 4.94. The molecule has 0 aliphatic heterocycles.